The van der Waals surface area contributed by atoms with E-state index in [9.17, 15) is 4.79 Å². The summed E-state index contributed by atoms with van der Waals surface area (Å²) in [6.45, 7) is 4.97. The Kier molecular flexibility index (Phi) is 3.08. The van der Waals surface area contributed by atoms with Gasteiger partial charge in [0, 0.05) is 19.5 Å². The molecule has 0 aliphatic carbocycles. The van der Waals surface area contributed by atoms with Crippen LogP contribution in [0.25, 0.3) is 0 Å². The Morgan fingerprint density at radius 2 is 2.00 bits per heavy atom. The Labute approximate surface area is 108 Å². The smallest absolute Gasteiger partial charge is 0.227 e. The van der Waals surface area contributed by atoms with Gasteiger partial charge >= 0.3 is 0 Å². The summed E-state index contributed by atoms with van der Waals surface area (Å²) in [5, 5.41) is 3.38. The number of hydrogen-bond donors (Lipinski definition) is 1. The molecule has 1 N–H and O–H groups in total. The van der Waals surface area contributed by atoms with Crippen molar-refractivity contribution in [1.82, 2.24) is 5.32 Å². The van der Waals surface area contributed by atoms with Crippen LogP contribution in [-0.4, -0.2) is 19.0 Å². The number of nitrogens with one attached hydrogen (secondary N) is 1. The van der Waals surface area contributed by atoms with E-state index in [4.69, 9.17) is 0 Å². The summed E-state index contributed by atoms with van der Waals surface area (Å²) in [5.74, 6) is 0.308. The molecule has 1 aromatic rings. The second-order valence-corrected chi connectivity index (χ2v) is 5.19. The van der Waals surface area contributed by atoms with E-state index in [0.717, 1.165) is 38.9 Å². The molecule has 1 aromatic carbocycles. The zero-order valence-electron chi connectivity index (χ0n) is 11.0. The van der Waals surface area contributed by atoms with Crippen molar-refractivity contribution in [3.8, 4) is 0 Å². The summed E-state index contributed by atoms with van der Waals surface area (Å²) < 4.78 is 0. The highest BCUT2D eigenvalue weighted by atomic mass is 16.2. The van der Waals surface area contributed by atoms with Crippen LogP contribution in [0.4, 0.5) is 5.69 Å². The highest BCUT2D eigenvalue weighted by Crippen LogP contribution is 2.36. The average molecular weight is 244 g/mol. The number of aryl methyl sites for hydroxylation is 2. The van der Waals surface area contributed by atoms with Crippen molar-refractivity contribution >= 4 is 11.6 Å². The Bertz CT molecular complexity index is 464. The fourth-order valence-corrected chi connectivity index (χ4v) is 3.10. The molecule has 0 aromatic heterocycles. The lowest BCUT2D eigenvalue weighted by Crippen LogP contribution is -2.39. The minimum atomic E-state index is 0.308. The van der Waals surface area contributed by atoms with Gasteiger partial charge in [0.1, 0.15) is 0 Å². The van der Waals surface area contributed by atoms with Gasteiger partial charge in [-0.15, -0.1) is 0 Å². The SMILES string of the molecule is CCNCc1cc2c3c(c1)CCC(=O)N3CCC2. The van der Waals surface area contributed by atoms with Crippen LogP contribution < -0.4 is 10.2 Å². The van der Waals surface area contributed by atoms with Gasteiger partial charge in [0.05, 0.1) is 5.69 Å². The lowest BCUT2D eigenvalue weighted by molar-refractivity contribution is -0.119. The highest BCUT2D eigenvalue weighted by Gasteiger charge is 2.29. The standard InChI is InChI=1S/C15H20N2O/c1-2-16-10-11-8-12-4-3-7-17-14(18)6-5-13(9-11)15(12)17/h8-9,16H,2-7,10H2,1H3. The van der Waals surface area contributed by atoms with Crippen LogP contribution >= 0.6 is 0 Å². The van der Waals surface area contributed by atoms with E-state index in [-0.39, 0.29) is 0 Å². The molecule has 0 radical (unpaired) electrons. The molecule has 96 valence electrons. The molecule has 0 fully saturated rings. The highest BCUT2D eigenvalue weighted by molar-refractivity contribution is 5.97. The van der Waals surface area contributed by atoms with Gasteiger partial charge < -0.3 is 10.2 Å². The fourth-order valence-electron chi connectivity index (χ4n) is 3.10. The molecule has 0 unspecified atom stereocenters. The third-order valence-corrected chi connectivity index (χ3v) is 3.91. The topological polar surface area (TPSA) is 32.3 Å². The van der Waals surface area contributed by atoms with Gasteiger partial charge in [-0.05, 0) is 42.5 Å². The number of nitrogens with zero attached hydrogens (tertiary/aromatic N) is 1. The van der Waals surface area contributed by atoms with Crippen molar-refractivity contribution < 1.29 is 4.79 Å². The molecule has 2 heterocycles. The van der Waals surface area contributed by atoms with E-state index < -0.39 is 0 Å². The van der Waals surface area contributed by atoms with Crippen molar-refractivity contribution in [2.45, 2.75) is 39.2 Å². The molecule has 0 saturated carbocycles. The number of carbonyl (C=O) groups excluding carboxylic acids is 1. The maximum Gasteiger partial charge on any atom is 0.227 e. The normalized spacial score (nSPS) is 17.8. The Morgan fingerprint density at radius 1 is 1.22 bits per heavy atom. The zero-order valence-corrected chi connectivity index (χ0v) is 11.0. The molecule has 2 aliphatic rings. The molecule has 0 bridgehead atoms. The van der Waals surface area contributed by atoms with Gasteiger partial charge in [0.25, 0.3) is 0 Å². The Morgan fingerprint density at radius 3 is 2.78 bits per heavy atom. The molecule has 18 heavy (non-hydrogen) atoms. The third-order valence-electron chi connectivity index (χ3n) is 3.91. The summed E-state index contributed by atoms with van der Waals surface area (Å²) in [5.41, 5.74) is 5.35. The summed E-state index contributed by atoms with van der Waals surface area (Å²) >= 11 is 0. The molecule has 0 spiro atoms. The number of anilines is 1. The van der Waals surface area contributed by atoms with Crippen LogP contribution in [0.15, 0.2) is 12.1 Å². The van der Waals surface area contributed by atoms with E-state index in [2.05, 4.69) is 24.4 Å². The van der Waals surface area contributed by atoms with Gasteiger partial charge in [-0.25, -0.2) is 0 Å². The van der Waals surface area contributed by atoms with E-state index in [1.54, 1.807) is 0 Å². The Balaban J connectivity index is 2.00. The molecule has 3 nitrogen and oxygen atoms in total. The second kappa shape index (κ2) is 4.73. The lowest BCUT2D eigenvalue weighted by Gasteiger charge is -2.35. The number of amides is 1. The predicted molar refractivity (Wildman–Crippen MR) is 72.8 cm³/mol. The number of benzene rings is 1. The van der Waals surface area contributed by atoms with Crippen molar-refractivity contribution in [2.75, 3.05) is 18.0 Å². The van der Waals surface area contributed by atoms with Gasteiger partial charge in [0.2, 0.25) is 5.91 Å². The van der Waals surface area contributed by atoms with Gasteiger partial charge in [-0.3, -0.25) is 4.79 Å². The first kappa shape index (κ1) is 11.7. The molecule has 0 atom stereocenters. The first-order chi connectivity index (χ1) is 8.79. The second-order valence-electron chi connectivity index (χ2n) is 5.19. The molecule has 2 aliphatic heterocycles. The average Bonchev–Trinajstić information content (AvgIpc) is 2.40. The molecule has 3 rings (SSSR count). The van der Waals surface area contributed by atoms with Gasteiger partial charge in [0.15, 0.2) is 0 Å². The van der Waals surface area contributed by atoms with E-state index in [1.165, 1.54) is 22.4 Å². The van der Waals surface area contributed by atoms with Crippen LogP contribution in [0.1, 0.15) is 36.5 Å². The molecule has 3 heteroatoms. The summed E-state index contributed by atoms with van der Waals surface area (Å²) in [7, 11) is 0. The number of hydrogen-bond acceptors (Lipinski definition) is 2. The van der Waals surface area contributed by atoms with E-state index in [0.29, 0.717) is 12.3 Å². The molecule has 0 saturated heterocycles. The van der Waals surface area contributed by atoms with Crippen molar-refractivity contribution in [2.24, 2.45) is 0 Å². The van der Waals surface area contributed by atoms with Crippen LogP contribution in [0.2, 0.25) is 0 Å². The van der Waals surface area contributed by atoms with Crippen molar-refractivity contribution in [3.63, 3.8) is 0 Å². The minimum Gasteiger partial charge on any atom is -0.313 e. The van der Waals surface area contributed by atoms with E-state index >= 15 is 0 Å². The van der Waals surface area contributed by atoms with E-state index in [1.807, 2.05) is 4.90 Å². The fraction of sp³-hybridized carbons (Fsp3) is 0.533. The maximum absolute atomic E-state index is 11.9. The zero-order chi connectivity index (χ0) is 12.5. The first-order valence-corrected chi connectivity index (χ1v) is 6.95. The number of rotatable bonds is 3. The monoisotopic (exact) mass is 244 g/mol. The summed E-state index contributed by atoms with van der Waals surface area (Å²) in [6.07, 6.45) is 3.81. The minimum absolute atomic E-state index is 0.308. The maximum atomic E-state index is 11.9. The molecular formula is C15H20N2O. The predicted octanol–water partition coefficient (Wildman–Crippen LogP) is 2.02. The first-order valence-electron chi connectivity index (χ1n) is 6.95. The number of carbonyl (C=O) groups is 1. The van der Waals surface area contributed by atoms with Crippen LogP contribution in [0, 0.1) is 0 Å². The summed E-state index contributed by atoms with van der Waals surface area (Å²) in [4.78, 5) is 14.0. The van der Waals surface area contributed by atoms with Crippen molar-refractivity contribution in [3.05, 3.63) is 28.8 Å². The van der Waals surface area contributed by atoms with Crippen molar-refractivity contribution in [1.29, 1.82) is 0 Å². The van der Waals surface area contributed by atoms with Gasteiger partial charge in [-0.1, -0.05) is 19.1 Å². The Hall–Kier alpha value is -1.35. The lowest BCUT2D eigenvalue weighted by atomic mass is 9.90. The summed E-state index contributed by atoms with van der Waals surface area (Å²) in [6, 6.07) is 4.57. The molecular weight excluding hydrogens is 224 g/mol. The molecule has 1 amide bonds. The van der Waals surface area contributed by atoms with Crippen LogP contribution in [-0.2, 0) is 24.2 Å². The van der Waals surface area contributed by atoms with Gasteiger partial charge in [-0.2, -0.15) is 0 Å². The quantitative estimate of drug-likeness (QED) is 0.882. The van der Waals surface area contributed by atoms with Crippen LogP contribution in [0.3, 0.4) is 0 Å². The van der Waals surface area contributed by atoms with Crippen LogP contribution in [0.5, 0.6) is 0 Å². The third kappa shape index (κ3) is 1.93. The largest absolute Gasteiger partial charge is 0.313 e.